The molecule has 2 aromatic rings. The Bertz CT molecular complexity index is 1020. The average Bonchev–Trinajstić information content (AvgIpc) is 2.83. The second-order valence-corrected chi connectivity index (χ2v) is 9.01. The average molecular weight is 475 g/mol. The van der Waals surface area contributed by atoms with E-state index in [2.05, 4.69) is 0 Å². The van der Waals surface area contributed by atoms with Crippen LogP contribution < -0.4 is 4.74 Å². The second kappa shape index (κ2) is 10.1. The predicted molar refractivity (Wildman–Crippen MR) is 122 cm³/mol. The van der Waals surface area contributed by atoms with Crippen molar-refractivity contribution in [3.63, 3.8) is 0 Å². The lowest BCUT2D eigenvalue weighted by atomic mass is 9.90. The molecule has 1 fully saturated rings. The van der Waals surface area contributed by atoms with Gasteiger partial charge in [-0.2, -0.15) is 13.2 Å². The molecule has 0 saturated heterocycles. The normalized spacial score (nSPS) is 22.1. The molecule has 8 heteroatoms. The van der Waals surface area contributed by atoms with Gasteiger partial charge in [0.1, 0.15) is 11.9 Å². The Balaban J connectivity index is 1.66. The summed E-state index contributed by atoms with van der Waals surface area (Å²) in [5.74, 6) is 0.115. The summed E-state index contributed by atoms with van der Waals surface area (Å²) in [6, 6.07) is 11.3. The molecule has 182 valence electrons. The van der Waals surface area contributed by atoms with Crippen LogP contribution in [0, 0.1) is 0 Å². The molecule has 0 radical (unpaired) electrons. The van der Waals surface area contributed by atoms with E-state index in [0.717, 1.165) is 37.8 Å². The fourth-order valence-corrected chi connectivity index (χ4v) is 4.80. The maximum absolute atomic E-state index is 13.5. The van der Waals surface area contributed by atoms with Crippen molar-refractivity contribution in [1.29, 1.82) is 0 Å². The summed E-state index contributed by atoms with van der Waals surface area (Å²) in [5.41, 5.74) is -0.0476. The molecule has 34 heavy (non-hydrogen) atoms. The minimum absolute atomic E-state index is 0.0961. The van der Waals surface area contributed by atoms with E-state index in [-0.39, 0.29) is 29.5 Å². The molecule has 2 amide bonds. The number of fused-ring (bicyclic) bond motifs is 2. The van der Waals surface area contributed by atoms with Gasteiger partial charge in [0.2, 0.25) is 0 Å². The van der Waals surface area contributed by atoms with Gasteiger partial charge in [0, 0.05) is 25.7 Å². The van der Waals surface area contributed by atoms with Gasteiger partial charge >= 0.3 is 6.18 Å². The van der Waals surface area contributed by atoms with E-state index < -0.39 is 11.7 Å². The third kappa shape index (κ3) is 5.21. The fraction of sp³-hybridized carbons (Fsp3) is 0.462. The molecule has 0 unspecified atom stereocenters. The van der Waals surface area contributed by atoms with Crippen molar-refractivity contribution < 1.29 is 27.5 Å². The summed E-state index contributed by atoms with van der Waals surface area (Å²) in [7, 11) is 1.75. The molecule has 0 bridgehead atoms. The zero-order valence-corrected chi connectivity index (χ0v) is 19.2. The van der Waals surface area contributed by atoms with E-state index in [9.17, 15) is 22.8 Å². The number of amides is 2. The molecule has 0 spiro atoms. The highest BCUT2D eigenvalue weighted by atomic mass is 19.4. The fourth-order valence-electron chi connectivity index (χ4n) is 4.80. The SMILES string of the molecule is CN1CCCCN(C(=O)c2ccc(C(F)(F)F)cc2)[C@@H]2CCCC[C@@H]2Oc2ccccc2C1=O. The molecule has 1 heterocycles. The van der Waals surface area contributed by atoms with E-state index in [0.29, 0.717) is 37.2 Å². The summed E-state index contributed by atoms with van der Waals surface area (Å²) in [6.45, 7) is 0.984. The van der Waals surface area contributed by atoms with Crippen molar-refractivity contribution in [2.45, 2.75) is 56.8 Å². The summed E-state index contributed by atoms with van der Waals surface area (Å²) in [6.07, 6.45) is -0.00899. The molecule has 2 aromatic carbocycles. The van der Waals surface area contributed by atoms with Crippen LogP contribution in [0.15, 0.2) is 48.5 Å². The van der Waals surface area contributed by atoms with E-state index in [1.54, 1.807) is 35.0 Å². The van der Waals surface area contributed by atoms with Crippen LogP contribution in [0.5, 0.6) is 5.75 Å². The summed E-state index contributed by atoms with van der Waals surface area (Å²) in [4.78, 5) is 29.9. The highest BCUT2D eigenvalue weighted by Gasteiger charge is 2.36. The Morgan fingerprint density at radius 1 is 0.941 bits per heavy atom. The molecule has 1 saturated carbocycles. The highest BCUT2D eigenvalue weighted by molar-refractivity contribution is 5.97. The van der Waals surface area contributed by atoms with Gasteiger partial charge in [-0.25, -0.2) is 0 Å². The van der Waals surface area contributed by atoms with Crippen molar-refractivity contribution in [2.75, 3.05) is 20.1 Å². The van der Waals surface area contributed by atoms with Gasteiger partial charge in [-0.15, -0.1) is 0 Å². The largest absolute Gasteiger partial charge is 0.487 e. The van der Waals surface area contributed by atoms with Crippen molar-refractivity contribution >= 4 is 11.8 Å². The van der Waals surface area contributed by atoms with Crippen molar-refractivity contribution in [3.8, 4) is 5.75 Å². The van der Waals surface area contributed by atoms with E-state index in [1.807, 2.05) is 6.07 Å². The molecule has 0 aromatic heterocycles. The summed E-state index contributed by atoms with van der Waals surface area (Å²) < 4.78 is 45.4. The first kappa shape index (κ1) is 24.1. The topological polar surface area (TPSA) is 49.9 Å². The van der Waals surface area contributed by atoms with Crippen molar-refractivity contribution in [2.24, 2.45) is 0 Å². The van der Waals surface area contributed by atoms with E-state index >= 15 is 0 Å². The smallest absolute Gasteiger partial charge is 0.416 e. The van der Waals surface area contributed by atoms with Crippen molar-refractivity contribution in [3.05, 3.63) is 65.2 Å². The predicted octanol–water partition coefficient (Wildman–Crippen LogP) is 5.40. The molecule has 1 aliphatic carbocycles. The third-order valence-electron chi connectivity index (χ3n) is 6.67. The number of hydrogen-bond acceptors (Lipinski definition) is 3. The number of rotatable bonds is 1. The van der Waals surface area contributed by atoms with Crippen molar-refractivity contribution in [1.82, 2.24) is 9.80 Å². The Morgan fingerprint density at radius 2 is 1.62 bits per heavy atom. The number of ether oxygens (including phenoxy) is 1. The lowest BCUT2D eigenvalue weighted by molar-refractivity contribution is -0.137. The van der Waals surface area contributed by atoms with Crippen LogP contribution in [0.3, 0.4) is 0 Å². The number of hydrogen-bond donors (Lipinski definition) is 0. The van der Waals surface area contributed by atoms with Crippen LogP contribution in [-0.2, 0) is 6.18 Å². The van der Waals surface area contributed by atoms with Gasteiger partial charge in [0.15, 0.2) is 0 Å². The van der Waals surface area contributed by atoms with Crippen LogP contribution in [-0.4, -0.2) is 53.9 Å². The monoisotopic (exact) mass is 474 g/mol. The number of carbonyl (C=O) groups excluding carboxylic acids is 2. The lowest BCUT2D eigenvalue weighted by Gasteiger charge is -2.40. The highest BCUT2D eigenvalue weighted by Crippen LogP contribution is 2.32. The minimum Gasteiger partial charge on any atom is -0.487 e. The third-order valence-corrected chi connectivity index (χ3v) is 6.67. The summed E-state index contributed by atoms with van der Waals surface area (Å²) in [5, 5.41) is 0. The summed E-state index contributed by atoms with van der Waals surface area (Å²) >= 11 is 0. The molecular weight excluding hydrogens is 445 g/mol. The van der Waals surface area contributed by atoms with Gasteiger partial charge in [-0.1, -0.05) is 18.6 Å². The zero-order chi connectivity index (χ0) is 24.3. The molecule has 4 rings (SSSR count). The molecular formula is C26H29F3N2O3. The molecule has 2 aliphatic rings. The lowest BCUT2D eigenvalue weighted by Crippen LogP contribution is -2.51. The number of alkyl halides is 3. The minimum atomic E-state index is -4.45. The van der Waals surface area contributed by atoms with Gasteiger partial charge in [0.25, 0.3) is 11.8 Å². The molecule has 5 nitrogen and oxygen atoms in total. The van der Waals surface area contributed by atoms with Crippen LogP contribution in [0.1, 0.15) is 64.8 Å². The van der Waals surface area contributed by atoms with Gasteiger partial charge < -0.3 is 14.5 Å². The Hall–Kier alpha value is -3.03. The zero-order valence-electron chi connectivity index (χ0n) is 19.2. The number of para-hydroxylation sites is 1. The van der Waals surface area contributed by atoms with Crippen LogP contribution in [0.25, 0.3) is 0 Å². The first-order valence-electron chi connectivity index (χ1n) is 11.7. The van der Waals surface area contributed by atoms with Crippen LogP contribution >= 0.6 is 0 Å². The van der Waals surface area contributed by atoms with E-state index in [4.69, 9.17) is 4.74 Å². The number of nitrogens with zero attached hydrogens (tertiary/aromatic N) is 2. The van der Waals surface area contributed by atoms with Gasteiger partial charge in [-0.05, 0) is 68.5 Å². The first-order chi connectivity index (χ1) is 16.3. The number of halogens is 3. The number of carbonyl (C=O) groups is 2. The quantitative estimate of drug-likeness (QED) is 0.556. The molecule has 2 atom stereocenters. The van der Waals surface area contributed by atoms with Crippen LogP contribution in [0.2, 0.25) is 0 Å². The van der Waals surface area contributed by atoms with Gasteiger partial charge in [-0.3, -0.25) is 9.59 Å². The Morgan fingerprint density at radius 3 is 2.35 bits per heavy atom. The Labute approximate surface area is 197 Å². The standard InChI is InChI=1S/C26H29F3N2O3/c1-30-16-6-7-17-31(24(32)18-12-14-19(15-13-18)26(27,28)29)21-9-3-5-11-23(21)34-22-10-4-2-8-20(22)25(30)33/h2,4,8,10,12-15,21,23H,3,5-7,9,11,16-17H2,1H3/t21-,23+/m1/s1. The number of benzene rings is 2. The Kier molecular flexibility index (Phi) is 7.14. The second-order valence-electron chi connectivity index (χ2n) is 9.01. The molecule has 0 N–H and O–H groups in total. The molecule has 1 aliphatic heterocycles. The first-order valence-corrected chi connectivity index (χ1v) is 11.7. The van der Waals surface area contributed by atoms with Crippen LogP contribution in [0.4, 0.5) is 13.2 Å². The maximum atomic E-state index is 13.5. The van der Waals surface area contributed by atoms with Gasteiger partial charge in [0.05, 0.1) is 17.2 Å². The van der Waals surface area contributed by atoms with E-state index in [1.165, 1.54) is 12.1 Å². The maximum Gasteiger partial charge on any atom is 0.416 e.